The van der Waals surface area contributed by atoms with Gasteiger partial charge in [-0.05, 0) is 43.7 Å². The molecule has 6 atom stereocenters. The summed E-state index contributed by atoms with van der Waals surface area (Å²) in [7, 11) is 2.93. The van der Waals surface area contributed by atoms with Crippen molar-refractivity contribution in [3.8, 4) is 0 Å². The summed E-state index contributed by atoms with van der Waals surface area (Å²) >= 11 is 0. The average molecular weight is 636 g/mol. The molecule has 1 aliphatic heterocycles. The number of primary amides is 1. The van der Waals surface area contributed by atoms with Crippen molar-refractivity contribution >= 4 is 23.6 Å². The quantitative estimate of drug-likeness (QED) is 0.270. The number of ketones is 2. The zero-order valence-electron chi connectivity index (χ0n) is 27.2. The molecule has 0 saturated heterocycles. The lowest BCUT2D eigenvalue weighted by molar-refractivity contribution is -0.120. The van der Waals surface area contributed by atoms with Gasteiger partial charge in [-0.3, -0.25) is 14.4 Å². The molecule has 248 valence electrons. The van der Waals surface area contributed by atoms with Crippen molar-refractivity contribution in [1.82, 2.24) is 10.6 Å². The lowest BCUT2D eigenvalue weighted by atomic mass is 9.85. The Bertz CT molecular complexity index is 1440. The van der Waals surface area contributed by atoms with Crippen LogP contribution in [0.15, 0.2) is 88.8 Å². The van der Waals surface area contributed by atoms with E-state index in [1.807, 2.05) is 44.2 Å². The van der Waals surface area contributed by atoms with Gasteiger partial charge in [0.25, 0.3) is 5.91 Å². The summed E-state index contributed by atoms with van der Waals surface area (Å²) in [5, 5.41) is 17.1. The van der Waals surface area contributed by atoms with Crippen molar-refractivity contribution in [3.05, 3.63) is 94.4 Å². The first-order valence-electron chi connectivity index (χ1n) is 15.2. The molecule has 11 heteroatoms. The summed E-state index contributed by atoms with van der Waals surface area (Å²) in [6.45, 7) is 7.33. The van der Waals surface area contributed by atoms with Gasteiger partial charge in [0.15, 0.2) is 6.10 Å². The number of carbonyl (C=O) groups is 4. The SMILES string of the molecule is COC1/C=C\C=C(/C)C(=O)NC2=CC(=O)C(NCc3ccccc3)=C(CC(C)CC(OC)[C@H](O)[C@@H](C)/C=C(\C)C1OC(N)=O)C2=O. The van der Waals surface area contributed by atoms with E-state index in [-0.39, 0.29) is 34.9 Å². The van der Waals surface area contributed by atoms with Crippen LogP contribution in [0.4, 0.5) is 4.79 Å². The Kier molecular flexibility index (Phi) is 13.2. The molecule has 2 aliphatic rings. The van der Waals surface area contributed by atoms with Crippen LogP contribution in [0.25, 0.3) is 0 Å². The number of carbonyl (C=O) groups excluding carboxylic acids is 4. The van der Waals surface area contributed by atoms with E-state index in [9.17, 15) is 24.3 Å². The van der Waals surface area contributed by atoms with E-state index >= 15 is 0 Å². The summed E-state index contributed by atoms with van der Waals surface area (Å²) in [5.41, 5.74) is 7.42. The van der Waals surface area contributed by atoms with Crippen molar-refractivity contribution in [3.63, 3.8) is 0 Å². The molecule has 3 rings (SSSR count). The molecule has 2 amide bonds. The van der Waals surface area contributed by atoms with E-state index in [2.05, 4.69) is 10.6 Å². The Hall–Kier alpha value is -4.32. The van der Waals surface area contributed by atoms with Gasteiger partial charge in [0.2, 0.25) is 11.6 Å². The molecule has 46 heavy (non-hydrogen) atoms. The number of rotatable bonds is 6. The molecule has 0 aromatic heterocycles. The summed E-state index contributed by atoms with van der Waals surface area (Å²) in [6.07, 6.45) is 3.80. The van der Waals surface area contributed by atoms with Crippen LogP contribution in [0.1, 0.15) is 46.1 Å². The fraction of sp³-hybridized carbons (Fsp3) is 0.429. The molecule has 11 nitrogen and oxygen atoms in total. The minimum atomic E-state index is -1.000. The predicted octanol–water partition coefficient (Wildman–Crippen LogP) is 3.55. The largest absolute Gasteiger partial charge is 0.439 e. The first-order valence-corrected chi connectivity index (χ1v) is 15.2. The van der Waals surface area contributed by atoms with Crippen LogP contribution in [0.5, 0.6) is 0 Å². The number of nitrogens with two attached hydrogens (primary N) is 1. The van der Waals surface area contributed by atoms with Gasteiger partial charge in [0.05, 0.1) is 23.6 Å². The van der Waals surface area contributed by atoms with Crippen molar-refractivity contribution in [2.24, 2.45) is 17.6 Å². The molecule has 0 fully saturated rings. The number of methoxy groups -OCH3 is 2. The number of ether oxygens (including phenoxy) is 3. The Morgan fingerprint density at radius 1 is 1.09 bits per heavy atom. The zero-order chi connectivity index (χ0) is 34.0. The zero-order valence-corrected chi connectivity index (χ0v) is 27.2. The van der Waals surface area contributed by atoms with E-state index in [1.54, 1.807) is 32.1 Å². The number of benzene rings is 1. The van der Waals surface area contributed by atoms with Gasteiger partial charge in [-0.1, -0.05) is 68.5 Å². The second-order valence-corrected chi connectivity index (χ2v) is 11.8. The highest BCUT2D eigenvalue weighted by atomic mass is 16.6. The van der Waals surface area contributed by atoms with Crippen molar-refractivity contribution in [2.45, 2.75) is 71.5 Å². The lowest BCUT2D eigenvalue weighted by Crippen LogP contribution is -2.37. The maximum absolute atomic E-state index is 13.8. The number of hydrogen-bond acceptors (Lipinski definition) is 9. The van der Waals surface area contributed by atoms with Crippen molar-refractivity contribution < 1.29 is 38.5 Å². The van der Waals surface area contributed by atoms with E-state index < -0.39 is 53.9 Å². The first-order chi connectivity index (χ1) is 21.9. The van der Waals surface area contributed by atoms with Crippen LogP contribution < -0.4 is 16.4 Å². The summed E-state index contributed by atoms with van der Waals surface area (Å²) in [5.74, 6) is -2.14. The van der Waals surface area contributed by atoms with Crippen molar-refractivity contribution in [2.75, 3.05) is 14.2 Å². The Labute approximate surface area is 270 Å². The minimum Gasteiger partial charge on any atom is -0.439 e. The molecule has 1 aliphatic carbocycles. The number of Topliss-reactive ketones (excluding diaryl/α,β-unsaturated/α-hetero) is 1. The molecule has 2 bridgehead atoms. The van der Waals surface area contributed by atoms with Crippen LogP contribution in [0, 0.1) is 11.8 Å². The normalized spacial score (nSPS) is 29.9. The summed E-state index contributed by atoms with van der Waals surface area (Å²) < 4.78 is 16.7. The second-order valence-electron chi connectivity index (χ2n) is 11.8. The Balaban J connectivity index is 2.06. The fourth-order valence-corrected chi connectivity index (χ4v) is 5.56. The molecular formula is C35H45N3O8. The highest BCUT2D eigenvalue weighted by Crippen LogP contribution is 2.29. The van der Waals surface area contributed by atoms with Crippen molar-refractivity contribution in [1.29, 1.82) is 0 Å². The summed E-state index contributed by atoms with van der Waals surface area (Å²) in [4.78, 5) is 52.1. The third kappa shape index (κ3) is 9.59. The first kappa shape index (κ1) is 36.2. The van der Waals surface area contributed by atoms with Crippen LogP contribution >= 0.6 is 0 Å². The number of hydrogen-bond donors (Lipinski definition) is 4. The van der Waals surface area contributed by atoms with Crippen LogP contribution in [-0.2, 0) is 35.1 Å². The average Bonchev–Trinajstić information content (AvgIpc) is 3.02. The molecule has 4 unspecified atom stereocenters. The lowest BCUT2D eigenvalue weighted by Gasteiger charge is -2.30. The molecule has 1 aromatic carbocycles. The number of nitrogens with one attached hydrogen (secondary N) is 2. The number of aliphatic hydroxyl groups excluding tert-OH is 1. The fourth-order valence-electron chi connectivity index (χ4n) is 5.56. The topological polar surface area (TPSA) is 166 Å². The maximum atomic E-state index is 13.8. The van der Waals surface area contributed by atoms with Gasteiger partial charge in [0.1, 0.15) is 6.10 Å². The molecular weight excluding hydrogens is 590 g/mol. The van der Waals surface area contributed by atoms with Gasteiger partial charge in [-0.15, -0.1) is 0 Å². The Morgan fingerprint density at radius 3 is 2.41 bits per heavy atom. The van der Waals surface area contributed by atoms with Gasteiger partial charge in [-0.25, -0.2) is 4.79 Å². The smallest absolute Gasteiger partial charge is 0.405 e. The van der Waals surface area contributed by atoms with Crippen LogP contribution in [0.3, 0.4) is 0 Å². The Morgan fingerprint density at radius 2 is 1.78 bits per heavy atom. The maximum Gasteiger partial charge on any atom is 0.405 e. The van der Waals surface area contributed by atoms with Crippen LogP contribution in [-0.4, -0.2) is 67.3 Å². The van der Waals surface area contributed by atoms with E-state index in [0.717, 1.165) is 11.6 Å². The number of amides is 2. The standard InChI is InChI=1S/C35H45N3O8/c1-20-15-25-30(37-19-24-12-8-7-9-13-24)27(39)18-26(32(25)41)38-34(42)21(2)11-10-14-28(44-5)33(46-35(36)43)23(4)17-22(3)31(40)29(16-20)45-6/h7-14,17-18,20,22,28-29,31,33,37,40H,15-16,19H2,1-6H3,(H2,36,43)(H,38,42)/b14-10-,21-11+,23-17+/t20?,22-,28?,29?,31+,33?/m0/s1. The predicted molar refractivity (Wildman–Crippen MR) is 173 cm³/mol. The van der Waals surface area contributed by atoms with Gasteiger partial charge in [-0.2, -0.15) is 0 Å². The van der Waals surface area contributed by atoms with E-state index in [1.165, 1.54) is 20.3 Å². The molecule has 1 aromatic rings. The highest BCUT2D eigenvalue weighted by Gasteiger charge is 2.33. The molecule has 5 N–H and O–H groups in total. The number of aliphatic hydroxyl groups is 1. The van der Waals surface area contributed by atoms with Gasteiger partial charge >= 0.3 is 6.09 Å². The van der Waals surface area contributed by atoms with Crippen LogP contribution in [0.2, 0.25) is 0 Å². The number of allylic oxidation sites excluding steroid dienone is 4. The summed E-state index contributed by atoms with van der Waals surface area (Å²) in [6, 6.07) is 9.48. The van der Waals surface area contributed by atoms with E-state index in [0.29, 0.717) is 18.5 Å². The molecule has 0 radical (unpaired) electrons. The minimum absolute atomic E-state index is 0.126. The second kappa shape index (κ2) is 16.8. The van der Waals surface area contributed by atoms with Gasteiger partial charge < -0.3 is 35.7 Å². The van der Waals surface area contributed by atoms with Gasteiger partial charge in [0, 0.05) is 43.9 Å². The third-order valence-corrected chi connectivity index (χ3v) is 8.11. The van der Waals surface area contributed by atoms with E-state index in [4.69, 9.17) is 19.9 Å². The molecule has 0 saturated carbocycles. The molecule has 0 spiro atoms. The number of fused-ring (bicyclic) bond motifs is 2. The monoisotopic (exact) mass is 635 g/mol. The molecule has 1 heterocycles. The highest BCUT2D eigenvalue weighted by molar-refractivity contribution is 6.23. The third-order valence-electron chi connectivity index (χ3n) is 8.11.